The largest absolute Gasteiger partial charge is 0.192 e. The van der Waals surface area contributed by atoms with Gasteiger partial charge >= 0.3 is 0 Å². The van der Waals surface area contributed by atoms with E-state index in [1.54, 1.807) is 0 Å². The van der Waals surface area contributed by atoms with Crippen LogP contribution < -0.4 is 0 Å². The SMILES string of the molecule is CCc1c(C#N)c(C#N)c(CC)c2c1SCc1ccccc1CS2. The second kappa shape index (κ2) is 7.34. The summed E-state index contributed by atoms with van der Waals surface area (Å²) in [4.78, 5) is 2.42. The zero-order valence-corrected chi connectivity index (χ0v) is 15.5. The van der Waals surface area contributed by atoms with Gasteiger partial charge in [0.05, 0.1) is 11.1 Å². The summed E-state index contributed by atoms with van der Waals surface area (Å²) in [7, 11) is 0. The molecule has 2 aromatic rings. The maximum atomic E-state index is 9.65. The number of hydrogen-bond acceptors (Lipinski definition) is 4. The molecule has 0 amide bonds. The Bertz CT molecular complexity index is 801. The van der Waals surface area contributed by atoms with E-state index in [0.29, 0.717) is 11.1 Å². The highest BCUT2D eigenvalue weighted by Crippen LogP contribution is 2.45. The monoisotopic (exact) mass is 350 g/mol. The van der Waals surface area contributed by atoms with Crippen LogP contribution >= 0.6 is 23.5 Å². The average molecular weight is 351 g/mol. The maximum Gasteiger partial charge on any atom is 0.101 e. The van der Waals surface area contributed by atoms with Crippen LogP contribution in [0.5, 0.6) is 0 Å². The maximum absolute atomic E-state index is 9.65. The molecule has 1 heterocycles. The highest BCUT2D eigenvalue weighted by Gasteiger charge is 2.24. The number of thioether (sulfide) groups is 2. The number of nitrogens with zero attached hydrogens (tertiary/aromatic N) is 2. The quantitative estimate of drug-likeness (QED) is 0.722. The Morgan fingerprint density at radius 2 is 1.25 bits per heavy atom. The van der Waals surface area contributed by atoms with Crippen molar-refractivity contribution in [2.45, 2.75) is 48.0 Å². The third kappa shape index (κ3) is 2.81. The van der Waals surface area contributed by atoms with Crippen molar-refractivity contribution in [1.29, 1.82) is 10.5 Å². The van der Waals surface area contributed by atoms with Gasteiger partial charge in [-0.2, -0.15) is 10.5 Å². The average Bonchev–Trinajstić information content (AvgIpc) is 2.61. The number of hydrogen-bond donors (Lipinski definition) is 0. The van der Waals surface area contributed by atoms with E-state index in [9.17, 15) is 10.5 Å². The number of nitriles is 2. The Hall–Kier alpha value is -1.88. The molecule has 1 aliphatic heterocycles. The molecule has 0 bridgehead atoms. The van der Waals surface area contributed by atoms with Crippen molar-refractivity contribution in [2.24, 2.45) is 0 Å². The fourth-order valence-corrected chi connectivity index (χ4v) is 6.03. The van der Waals surface area contributed by atoms with Gasteiger partial charge in [0.1, 0.15) is 12.1 Å². The first-order chi connectivity index (χ1) is 11.7. The lowest BCUT2D eigenvalue weighted by Crippen LogP contribution is -2.06. The minimum Gasteiger partial charge on any atom is -0.192 e. The summed E-state index contributed by atoms with van der Waals surface area (Å²) in [6, 6.07) is 13.2. The first-order valence-electron chi connectivity index (χ1n) is 8.09. The number of benzene rings is 2. The molecule has 0 aromatic heterocycles. The Morgan fingerprint density at radius 3 is 1.58 bits per heavy atom. The Labute approximate surface area is 151 Å². The van der Waals surface area contributed by atoms with Gasteiger partial charge in [-0.3, -0.25) is 0 Å². The highest BCUT2D eigenvalue weighted by molar-refractivity contribution is 8.01. The summed E-state index contributed by atoms with van der Waals surface area (Å²) in [5.41, 5.74) is 5.97. The summed E-state index contributed by atoms with van der Waals surface area (Å²) >= 11 is 3.63. The zero-order valence-electron chi connectivity index (χ0n) is 13.8. The molecule has 0 unspecified atom stereocenters. The smallest absolute Gasteiger partial charge is 0.101 e. The van der Waals surface area contributed by atoms with Gasteiger partial charge in [0, 0.05) is 21.3 Å². The molecule has 120 valence electrons. The molecule has 4 heteroatoms. The van der Waals surface area contributed by atoms with E-state index in [2.05, 4.69) is 50.3 Å². The van der Waals surface area contributed by atoms with E-state index < -0.39 is 0 Å². The third-order valence-electron chi connectivity index (χ3n) is 4.40. The molecule has 2 nitrogen and oxygen atoms in total. The molecule has 3 rings (SSSR count). The second-order valence-electron chi connectivity index (χ2n) is 5.64. The van der Waals surface area contributed by atoms with E-state index in [1.807, 2.05) is 23.5 Å². The van der Waals surface area contributed by atoms with Crippen LogP contribution in [0.25, 0.3) is 0 Å². The molecular weight excluding hydrogens is 332 g/mol. The zero-order chi connectivity index (χ0) is 17.1. The van der Waals surface area contributed by atoms with Crippen molar-refractivity contribution in [3.63, 3.8) is 0 Å². The van der Waals surface area contributed by atoms with Crippen molar-refractivity contribution < 1.29 is 0 Å². The van der Waals surface area contributed by atoms with Crippen LogP contribution in [0.2, 0.25) is 0 Å². The molecule has 0 atom stereocenters. The van der Waals surface area contributed by atoms with Gasteiger partial charge in [0.2, 0.25) is 0 Å². The Kier molecular flexibility index (Phi) is 5.19. The summed E-state index contributed by atoms with van der Waals surface area (Å²) in [5, 5.41) is 19.3. The van der Waals surface area contributed by atoms with Crippen LogP contribution in [0, 0.1) is 22.7 Å². The molecule has 0 fully saturated rings. The molecule has 0 spiro atoms. The summed E-state index contributed by atoms with van der Waals surface area (Å²) < 4.78 is 0. The van der Waals surface area contributed by atoms with Crippen molar-refractivity contribution in [3.8, 4) is 12.1 Å². The Morgan fingerprint density at radius 1 is 0.833 bits per heavy atom. The molecule has 0 aliphatic carbocycles. The summed E-state index contributed by atoms with van der Waals surface area (Å²) in [6.07, 6.45) is 1.55. The minimum atomic E-state index is 0.581. The minimum absolute atomic E-state index is 0.581. The highest BCUT2D eigenvalue weighted by atomic mass is 32.2. The van der Waals surface area contributed by atoms with Gasteiger partial charge in [-0.15, -0.1) is 23.5 Å². The Balaban J connectivity index is 2.23. The summed E-state index contributed by atoms with van der Waals surface area (Å²) in [6.45, 7) is 4.14. The number of rotatable bonds is 2. The van der Waals surface area contributed by atoms with E-state index in [4.69, 9.17) is 0 Å². The van der Waals surface area contributed by atoms with Crippen LogP contribution in [0.1, 0.15) is 47.2 Å². The third-order valence-corrected chi connectivity index (χ3v) is 6.92. The van der Waals surface area contributed by atoms with Crippen molar-refractivity contribution in [3.05, 3.63) is 57.6 Å². The standard InChI is InChI=1S/C20H18N2S2/c1-3-15-17(9-21)18(10-22)16(4-2)20-19(15)23-11-13-7-5-6-8-14(13)12-24-20/h5-8H,3-4,11-12H2,1-2H3. The van der Waals surface area contributed by atoms with E-state index >= 15 is 0 Å². The second-order valence-corrected chi connectivity index (χ2v) is 7.61. The summed E-state index contributed by atoms with van der Waals surface area (Å²) in [5.74, 6) is 1.83. The van der Waals surface area contributed by atoms with Gasteiger partial charge in [-0.1, -0.05) is 38.1 Å². The molecule has 24 heavy (non-hydrogen) atoms. The van der Waals surface area contributed by atoms with E-state index in [1.165, 1.54) is 20.9 Å². The first kappa shape index (κ1) is 17.0. The number of fused-ring (bicyclic) bond motifs is 2. The molecule has 0 saturated carbocycles. The van der Waals surface area contributed by atoms with Crippen LogP contribution in [0.3, 0.4) is 0 Å². The lowest BCUT2D eigenvalue weighted by atomic mass is 9.94. The molecule has 0 radical (unpaired) electrons. The lowest BCUT2D eigenvalue weighted by Gasteiger charge is -2.23. The van der Waals surface area contributed by atoms with E-state index in [-0.39, 0.29) is 0 Å². The van der Waals surface area contributed by atoms with Crippen LogP contribution in [-0.2, 0) is 24.3 Å². The molecule has 1 aliphatic rings. The molecule has 2 aromatic carbocycles. The van der Waals surface area contributed by atoms with Crippen LogP contribution in [0.4, 0.5) is 0 Å². The normalized spacial score (nSPS) is 13.0. The lowest BCUT2D eigenvalue weighted by molar-refractivity contribution is 0.956. The van der Waals surface area contributed by atoms with Crippen molar-refractivity contribution in [2.75, 3.05) is 0 Å². The van der Waals surface area contributed by atoms with Crippen molar-refractivity contribution in [1.82, 2.24) is 0 Å². The van der Waals surface area contributed by atoms with Gasteiger partial charge in [-0.05, 0) is 35.1 Å². The fraction of sp³-hybridized carbons (Fsp3) is 0.300. The molecule has 0 saturated heterocycles. The fourth-order valence-electron chi connectivity index (χ4n) is 3.17. The van der Waals surface area contributed by atoms with Crippen LogP contribution in [-0.4, -0.2) is 0 Å². The van der Waals surface area contributed by atoms with Crippen LogP contribution in [0.15, 0.2) is 34.1 Å². The van der Waals surface area contributed by atoms with Gasteiger partial charge in [0.25, 0.3) is 0 Å². The predicted octanol–water partition coefficient (Wildman–Crippen LogP) is 5.45. The van der Waals surface area contributed by atoms with Gasteiger partial charge < -0.3 is 0 Å². The van der Waals surface area contributed by atoms with Crippen molar-refractivity contribution >= 4 is 23.5 Å². The topological polar surface area (TPSA) is 47.6 Å². The first-order valence-corrected chi connectivity index (χ1v) is 10.1. The molecular formula is C20H18N2S2. The predicted molar refractivity (Wildman–Crippen MR) is 100 cm³/mol. The molecule has 0 N–H and O–H groups in total. The van der Waals surface area contributed by atoms with Gasteiger partial charge in [0.15, 0.2) is 0 Å². The van der Waals surface area contributed by atoms with Gasteiger partial charge in [-0.25, -0.2) is 0 Å². The van der Waals surface area contributed by atoms with E-state index in [0.717, 1.165) is 35.5 Å².